The van der Waals surface area contributed by atoms with E-state index in [2.05, 4.69) is 11.8 Å². The Bertz CT molecular complexity index is 1030. The summed E-state index contributed by atoms with van der Waals surface area (Å²) in [6, 6.07) is 14.3. The molecule has 5 nitrogen and oxygen atoms in total. The van der Waals surface area contributed by atoms with Gasteiger partial charge in [-0.05, 0) is 62.4 Å². The summed E-state index contributed by atoms with van der Waals surface area (Å²) in [5.74, 6) is 0.530. The number of hydrogen-bond donors (Lipinski definition) is 0. The van der Waals surface area contributed by atoms with E-state index in [4.69, 9.17) is 16.3 Å². The minimum absolute atomic E-state index is 0.0564. The Hall–Kier alpha value is -2.79. The monoisotopic (exact) mass is 438 g/mol. The molecule has 0 saturated carbocycles. The fourth-order valence-electron chi connectivity index (χ4n) is 4.29. The Morgan fingerprint density at radius 1 is 1.03 bits per heavy atom. The number of hydrogen-bond acceptors (Lipinski definition) is 4. The lowest BCUT2D eigenvalue weighted by molar-refractivity contribution is -0.120. The van der Waals surface area contributed by atoms with Crippen LogP contribution < -0.4 is 9.64 Å². The van der Waals surface area contributed by atoms with Crippen molar-refractivity contribution in [1.82, 2.24) is 4.90 Å². The molecule has 0 radical (unpaired) electrons. The maximum absolute atomic E-state index is 13.6. The molecule has 1 unspecified atom stereocenters. The molecule has 0 N–H and O–H groups in total. The zero-order chi connectivity index (χ0) is 22.1. The van der Waals surface area contributed by atoms with Gasteiger partial charge in [0.2, 0.25) is 0 Å². The van der Waals surface area contributed by atoms with Crippen LogP contribution in [-0.2, 0) is 9.59 Å². The number of ether oxygens (including phenoxy) is 1. The number of halogens is 1. The zero-order valence-electron chi connectivity index (χ0n) is 18.1. The first-order valence-corrected chi connectivity index (χ1v) is 11.1. The second kappa shape index (κ2) is 8.75. The van der Waals surface area contributed by atoms with Crippen molar-refractivity contribution >= 4 is 34.7 Å². The third kappa shape index (κ3) is 4.19. The van der Waals surface area contributed by atoms with E-state index >= 15 is 0 Å². The number of benzene rings is 2. The van der Waals surface area contributed by atoms with Crippen molar-refractivity contribution in [3.63, 3.8) is 0 Å². The third-order valence-corrected chi connectivity index (χ3v) is 5.96. The standard InChI is InChI=1S/C25H27ClN2O3/c1-16(2)31-19-12-10-18(11-13-19)22-23(27-14-6-7-17(3)15-27)25(30)28(24(22)29)21-9-5-4-8-20(21)26/h4-5,8-13,16-17H,6-7,14-15H2,1-3H3. The molecular formula is C25H27ClN2O3. The Morgan fingerprint density at radius 2 is 1.74 bits per heavy atom. The third-order valence-electron chi connectivity index (χ3n) is 5.64. The highest BCUT2D eigenvalue weighted by molar-refractivity contribution is 6.47. The molecule has 4 rings (SSSR count). The Morgan fingerprint density at radius 3 is 2.39 bits per heavy atom. The van der Waals surface area contributed by atoms with Gasteiger partial charge in [-0.2, -0.15) is 0 Å². The molecule has 0 spiro atoms. The molecule has 31 heavy (non-hydrogen) atoms. The average Bonchev–Trinajstić information content (AvgIpc) is 2.99. The van der Waals surface area contributed by atoms with Gasteiger partial charge >= 0.3 is 0 Å². The van der Waals surface area contributed by atoms with E-state index in [1.165, 1.54) is 4.90 Å². The number of rotatable bonds is 5. The van der Waals surface area contributed by atoms with Gasteiger partial charge in [0, 0.05) is 13.1 Å². The van der Waals surface area contributed by atoms with Gasteiger partial charge in [0.25, 0.3) is 11.8 Å². The maximum atomic E-state index is 13.6. The molecule has 6 heteroatoms. The second-order valence-corrected chi connectivity index (χ2v) is 8.91. The van der Waals surface area contributed by atoms with E-state index in [0.717, 1.165) is 31.7 Å². The van der Waals surface area contributed by atoms with Gasteiger partial charge in [0.15, 0.2) is 0 Å². The van der Waals surface area contributed by atoms with Crippen LogP contribution in [0.3, 0.4) is 0 Å². The maximum Gasteiger partial charge on any atom is 0.282 e. The molecule has 2 heterocycles. The SMILES string of the molecule is CC1CCCN(C2=C(c3ccc(OC(C)C)cc3)C(=O)N(c3ccccc3Cl)C2=O)C1. The van der Waals surface area contributed by atoms with Crippen LogP contribution in [0.15, 0.2) is 54.2 Å². The van der Waals surface area contributed by atoms with Gasteiger partial charge in [-0.15, -0.1) is 0 Å². The molecule has 162 valence electrons. The minimum Gasteiger partial charge on any atom is -0.491 e. The summed E-state index contributed by atoms with van der Waals surface area (Å²) < 4.78 is 5.74. The van der Waals surface area contributed by atoms with Crippen LogP contribution >= 0.6 is 11.6 Å². The topological polar surface area (TPSA) is 49.9 Å². The Labute approximate surface area is 188 Å². The fraction of sp³-hybridized carbons (Fsp3) is 0.360. The van der Waals surface area contributed by atoms with Gasteiger partial charge in [0.1, 0.15) is 11.4 Å². The van der Waals surface area contributed by atoms with E-state index in [0.29, 0.717) is 33.5 Å². The van der Waals surface area contributed by atoms with Crippen LogP contribution in [0.2, 0.25) is 5.02 Å². The van der Waals surface area contributed by atoms with Gasteiger partial charge in [-0.25, -0.2) is 4.90 Å². The van der Waals surface area contributed by atoms with Crippen LogP contribution in [-0.4, -0.2) is 35.9 Å². The number of anilines is 1. The summed E-state index contributed by atoms with van der Waals surface area (Å²) in [7, 11) is 0. The van der Waals surface area contributed by atoms with Crippen LogP contribution in [0.1, 0.15) is 39.2 Å². The predicted molar refractivity (Wildman–Crippen MR) is 123 cm³/mol. The molecule has 1 saturated heterocycles. The van der Waals surface area contributed by atoms with Gasteiger partial charge in [0.05, 0.1) is 22.4 Å². The normalized spacial score (nSPS) is 19.6. The van der Waals surface area contributed by atoms with E-state index in [9.17, 15) is 9.59 Å². The van der Waals surface area contributed by atoms with Crippen LogP contribution in [0.5, 0.6) is 5.75 Å². The summed E-state index contributed by atoms with van der Waals surface area (Å²) in [4.78, 5) is 30.5. The van der Waals surface area contributed by atoms with Gasteiger partial charge in [-0.1, -0.05) is 42.8 Å². The molecule has 2 aliphatic heterocycles. The smallest absolute Gasteiger partial charge is 0.282 e. The van der Waals surface area contributed by atoms with Crippen molar-refractivity contribution in [2.75, 3.05) is 18.0 Å². The molecule has 1 atom stereocenters. The summed E-state index contributed by atoms with van der Waals surface area (Å²) in [6.45, 7) is 7.62. The van der Waals surface area contributed by atoms with E-state index in [-0.39, 0.29) is 17.9 Å². The Balaban J connectivity index is 1.79. The number of carbonyl (C=O) groups is 2. The molecule has 2 amide bonds. The quantitative estimate of drug-likeness (QED) is 0.606. The highest BCUT2D eigenvalue weighted by Gasteiger charge is 2.43. The highest BCUT2D eigenvalue weighted by Crippen LogP contribution is 2.39. The zero-order valence-corrected chi connectivity index (χ0v) is 18.9. The van der Waals surface area contributed by atoms with Crippen LogP contribution in [0, 0.1) is 5.92 Å². The van der Waals surface area contributed by atoms with E-state index in [1.54, 1.807) is 24.3 Å². The molecule has 0 bridgehead atoms. The van der Waals surface area contributed by atoms with Crippen molar-refractivity contribution in [1.29, 1.82) is 0 Å². The fourth-order valence-corrected chi connectivity index (χ4v) is 4.51. The highest BCUT2D eigenvalue weighted by atomic mass is 35.5. The minimum atomic E-state index is -0.344. The first-order valence-electron chi connectivity index (χ1n) is 10.8. The Kier molecular flexibility index (Phi) is 6.05. The molecule has 0 aliphatic carbocycles. The van der Waals surface area contributed by atoms with Crippen LogP contribution in [0.4, 0.5) is 5.69 Å². The largest absolute Gasteiger partial charge is 0.491 e. The van der Waals surface area contributed by atoms with Crippen LogP contribution in [0.25, 0.3) is 5.57 Å². The van der Waals surface area contributed by atoms with Crippen molar-refractivity contribution in [3.05, 3.63) is 64.8 Å². The lowest BCUT2D eigenvalue weighted by atomic mass is 9.97. The summed E-state index contributed by atoms with van der Waals surface area (Å²) in [5.41, 5.74) is 2.01. The van der Waals surface area contributed by atoms with Crippen molar-refractivity contribution in [2.24, 2.45) is 5.92 Å². The van der Waals surface area contributed by atoms with E-state index in [1.807, 2.05) is 38.1 Å². The molecular weight excluding hydrogens is 412 g/mol. The van der Waals surface area contributed by atoms with Gasteiger partial charge in [-0.3, -0.25) is 9.59 Å². The lowest BCUT2D eigenvalue weighted by Crippen LogP contribution is -2.39. The van der Waals surface area contributed by atoms with E-state index < -0.39 is 0 Å². The predicted octanol–water partition coefficient (Wildman–Crippen LogP) is 5.14. The summed E-state index contributed by atoms with van der Waals surface area (Å²) in [5, 5.41) is 0.373. The summed E-state index contributed by atoms with van der Waals surface area (Å²) >= 11 is 6.36. The number of para-hydroxylation sites is 1. The molecule has 0 aromatic heterocycles. The molecule has 2 aliphatic rings. The summed E-state index contributed by atoms with van der Waals surface area (Å²) in [6.07, 6.45) is 2.17. The number of imide groups is 1. The number of nitrogens with zero attached hydrogens (tertiary/aromatic N) is 2. The number of amides is 2. The van der Waals surface area contributed by atoms with Crippen molar-refractivity contribution < 1.29 is 14.3 Å². The average molecular weight is 439 g/mol. The molecule has 1 fully saturated rings. The van der Waals surface area contributed by atoms with Crippen molar-refractivity contribution in [3.8, 4) is 5.75 Å². The number of carbonyl (C=O) groups excluding carboxylic acids is 2. The molecule has 2 aromatic carbocycles. The first-order chi connectivity index (χ1) is 14.9. The lowest BCUT2D eigenvalue weighted by Gasteiger charge is -2.33. The second-order valence-electron chi connectivity index (χ2n) is 8.51. The number of likely N-dealkylation sites (tertiary alicyclic amines) is 1. The van der Waals surface area contributed by atoms with Crippen molar-refractivity contribution in [2.45, 2.75) is 39.7 Å². The number of piperidine rings is 1. The first kappa shape index (κ1) is 21.4. The molecule has 2 aromatic rings. The van der Waals surface area contributed by atoms with Gasteiger partial charge < -0.3 is 9.64 Å².